The first-order chi connectivity index (χ1) is 24.6. The lowest BCUT2D eigenvalue weighted by atomic mass is 9.32. The zero-order valence-electron chi connectivity index (χ0n) is 34.5. The fourth-order valence-electron chi connectivity index (χ4n) is 14.2. The first-order valence-corrected chi connectivity index (χ1v) is 24.1. The molecule has 10 heteroatoms. The number of carboxylic acid groups (broad SMARTS) is 1. The lowest BCUT2D eigenvalue weighted by molar-refractivity contribution is -0.246. The van der Waals surface area contributed by atoms with Crippen molar-refractivity contribution in [3.63, 3.8) is 0 Å². The van der Waals surface area contributed by atoms with E-state index in [0.717, 1.165) is 31.6 Å². The second-order valence-electron chi connectivity index (χ2n) is 20.7. The molecule has 6 fully saturated rings. The predicted molar refractivity (Wildman–Crippen MR) is 216 cm³/mol. The summed E-state index contributed by atoms with van der Waals surface area (Å²) in [6.07, 6.45) is 13.4. The molecule has 1 heterocycles. The van der Waals surface area contributed by atoms with Crippen LogP contribution in [0.4, 0.5) is 0 Å². The van der Waals surface area contributed by atoms with Gasteiger partial charge in [0.05, 0.1) is 23.3 Å². The summed E-state index contributed by atoms with van der Waals surface area (Å²) < 4.78 is 30.7. The second-order valence-corrected chi connectivity index (χ2v) is 23.9. The Morgan fingerprint density at radius 1 is 0.943 bits per heavy atom. The van der Waals surface area contributed by atoms with Gasteiger partial charge in [-0.1, -0.05) is 46.8 Å². The van der Waals surface area contributed by atoms with Gasteiger partial charge in [-0.15, -0.1) is 0 Å². The molecule has 6 aliphatic rings. The standard InChI is InChI=1S/C43H72N2O6S2/c1-28(2)30-13-18-43(44-26-29(27-52-10)45-21-23-53(49,50)24-22-45)20-19-41(8)31(36(30)43)11-12-33-40(7)16-15-34(51-35(46)25-38(3,4)37(47)48)39(5,6)32(40)14-17-42(33,41)9/h29-34,36,44H,1,11-27H2,2-10H3,(H,47,48)/t29-,30+,31-,32+,33-,34+,36-,40+,41-,42-,43+/m1/s1. The molecule has 11 atom stereocenters. The van der Waals surface area contributed by atoms with E-state index in [9.17, 15) is 23.1 Å². The molecule has 0 aromatic rings. The number of thioether (sulfide) groups is 1. The predicted octanol–water partition coefficient (Wildman–Crippen LogP) is 7.86. The van der Waals surface area contributed by atoms with E-state index >= 15 is 0 Å². The maximum Gasteiger partial charge on any atom is 0.309 e. The zero-order valence-corrected chi connectivity index (χ0v) is 36.2. The molecule has 0 spiro atoms. The van der Waals surface area contributed by atoms with Gasteiger partial charge in [-0.2, -0.15) is 11.8 Å². The Hall–Kier alpha value is -1.10. The van der Waals surface area contributed by atoms with Crippen molar-refractivity contribution in [3.05, 3.63) is 12.2 Å². The second kappa shape index (κ2) is 14.4. The SMILES string of the molecule is C=C(C)[C@@H]1CC[C@]2(NC[C@H](CSC)N3CCS(=O)(=O)CC3)CC[C@]3(C)[C@H](CC[C@@H]4[C@@]5(C)CC[C@H](OC(=O)CC(C)(C)C(=O)O)C(C)(C)[C@@H]5CC[C@]43C)[C@@H]12. The van der Waals surface area contributed by atoms with Gasteiger partial charge in [0.15, 0.2) is 9.84 Å². The molecule has 1 saturated heterocycles. The number of nitrogens with one attached hydrogen (secondary N) is 1. The number of carbonyl (C=O) groups excluding carboxylic acids is 1. The molecule has 0 bridgehead atoms. The van der Waals surface area contributed by atoms with Gasteiger partial charge in [-0.25, -0.2) is 8.42 Å². The summed E-state index contributed by atoms with van der Waals surface area (Å²) in [4.78, 5) is 27.3. The van der Waals surface area contributed by atoms with Crippen LogP contribution in [0.25, 0.3) is 0 Å². The number of fused-ring (bicyclic) bond motifs is 7. The van der Waals surface area contributed by atoms with E-state index in [1.165, 1.54) is 50.5 Å². The number of hydrogen-bond acceptors (Lipinski definition) is 8. The minimum absolute atomic E-state index is 0.0930. The van der Waals surface area contributed by atoms with Crippen LogP contribution in [0.2, 0.25) is 0 Å². The molecule has 0 unspecified atom stereocenters. The number of aliphatic carboxylic acids is 1. The molecule has 6 rings (SSSR count). The fraction of sp³-hybridized carbons (Fsp3) is 0.907. The van der Waals surface area contributed by atoms with Crippen molar-refractivity contribution < 1.29 is 27.9 Å². The normalized spacial score (nSPS) is 42.7. The topological polar surface area (TPSA) is 113 Å². The van der Waals surface area contributed by atoms with E-state index in [1.807, 2.05) is 11.8 Å². The van der Waals surface area contributed by atoms with Crippen LogP contribution in [0.15, 0.2) is 12.2 Å². The highest BCUT2D eigenvalue weighted by molar-refractivity contribution is 7.98. The molecule has 5 aliphatic carbocycles. The van der Waals surface area contributed by atoms with Crippen LogP contribution in [-0.4, -0.2) is 91.2 Å². The monoisotopic (exact) mass is 776 g/mol. The van der Waals surface area contributed by atoms with E-state index in [2.05, 4.69) is 64.6 Å². The van der Waals surface area contributed by atoms with Crippen molar-refractivity contribution in [2.45, 2.75) is 144 Å². The van der Waals surface area contributed by atoms with Gasteiger partial charge in [0.2, 0.25) is 0 Å². The summed E-state index contributed by atoms with van der Waals surface area (Å²) in [5.41, 5.74) is 0.675. The Morgan fingerprint density at radius 2 is 1.62 bits per heavy atom. The first-order valence-electron chi connectivity index (χ1n) is 20.8. The summed E-state index contributed by atoms with van der Waals surface area (Å²) >= 11 is 1.87. The molecule has 302 valence electrons. The number of nitrogens with zero attached hydrogens (tertiary/aromatic N) is 1. The van der Waals surface area contributed by atoms with E-state index in [-0.39, 0.29) is 57.2 Å². The summed E-state index contributed by atoms with van der Waals surface area (Å²) in [6, 6.07) is 0.331. The molecule has 0 aromatic carbocycles. The molecule has 2 N–H and O–H groups in total. The molecule has 8 nitrogen and oxygen atoms in total. The number of esters is 1. The van der Waals surface area contributed by atoms with Crippen molar-refractivity contribution in [1.82, 2.24) is 10.2 Å². The Labute approximate surface area is 326 Å². The molecule has 5 saturated carbocycles. The van der Waals surface area contributed by atoms with Gasteiger partial charge < -0.3 is 15.2 Å². The molecule has 0 radical (unpaired) electrons. The molecular formula is C43H72N2O6S2. The molecule has 53 heavy (non-hydrogen) atoms. The lowest BCUT2D eigenvalue weighted by Crippen LogP contribution is -2.69. The maximum absolute atomic E-state index is 13.1. The minimum Gasteiger partial charge on any atom is -0.481 e. The van der Waals surface area contributed by atoms with Crippen LogP contribution >= 0.6 is 11.8 Å². The van der Waals surface area contributed by atoms with E-state index in [4.69, 9.17) is 4.74 Å². The van der Waals surface area contributed by atoms with Gasteiger partial charge in [-0.3, -0.25) is 14.5 Å². The van der Waals surface area contributed by atoms with Gasteiger partial charge in [0.25, 0.3) is 0 Å². The average Bonchev–Trinajstić information content (AvgIpc) is 3.45. The molecular weight excluding hydrogens is 705 g/mol. The van der Waals surface area contributed by atoms with Gasteiger partial charge >= 0.3 is 11.9 Å². The van der Waals surface area contributed by atoms with Crippen molar-refractivity contribution >= 4 is 33.5 Å². The van der Waals surface area contributed by atoms with Crippen LogP contribution in [-0.2, 0) is 24.2 Å². The van der Waals surface area contributed by atoms with E-state index < -0.39 is 21.2 Å². The Bertz CT molecular complexity index is 1530. The third kappa shape index (κ3) is 7.00. The van der Waals surface area contributed by atoms with E-state index in [1.54, 1.807) is 13.8 Å². The molecule has 1 aliphatic heterocycles. The van der Waals surface area contributed by atoms with Crippen molar-refractivity contribution in [1.29, 1.82) is 0 Å². The number of hydrogen-bond donors (Lipinski definition) is 2. The molecule has 0 amide bonds. The number of rotatable bonds is 11. The van der Waals surface area contributed by atoms with Gasteiger partial charge in [0.1, 0.15) is 6.10 Å². The highest BCUT2D eigenvalue weighted by atomic mass is 32.2. The third-order valence-corrected chi connectivity index (χ3v) is 19.7. The van der Waals surface area contributed by atoms with Crippen molar-refractivity contribution in [2.24, 2.45) is 56.7 Å². The van der Waals surface area contributed by atoms with Crippen LogP contribution in [0, 0.1) is 56.7 Å². The number of carbonyl (C=O) groups is 2. The summed E-state index contributed by atoms with van der Waals surface area (Å²) in [5.74, 6) is 2.93. The Morgan fingerprint density at radius 3 is 2.25 bits per heavy atom. The van der Waals surface area contributed by atoms with Gasteiger partial charge in [-0.05, 0) is 137 Å². The Kier molecular flexibility index (Phi) is 11.3. The highest BCUT2D eigenvalue weighted by Gasteiger charge is 2.71. The largest absolute Gasteiger partial charge is 0.481 e. The summed E-state index contributed by atoms with van der Waals surface area (Å²) in [7, 11) is -2.92. The number of allylic oxidation sites excluding steroid dienone is 1. The minimum atomic E-state index is -2.92. The zero-order chi connectivity index (χ0) is 39.0. The average molecular weight is 777 g/mol. The smallest absolute Gasteiger partial charge is 0.309 e. The van der Waals surface area contributed by atoms with Crippen LogP contribution < -0.4 is 5.32 Å². The fourth-order valence-corrected chi connectivity index (χ4v) is 16.1. The van der Waals surface area contributed by atoms with Crippen LogP contribution in [0.3, 0.4) is 0 Å². The summed E-state index contributed by atoms with van der Waals surface area (Å²) in [5, 5.41) is 13.9. The number of carboxylic acids is 1. The highest BCUT2D eigenvalue weighted by Crippen LogP contribution is 2.76. The number of ether oxygens (including phenoxy) is 1. The lowest BCUT2D eigenvalue weighted by Gasteiger charge is -2.73. The van der Waals surface area contributed by atoms with Crippen molar-refractivity contribution in [3.8, 4) is 0 Å². The third-order valence-electron chi connectivity index (χ3n) is 17.4. The maximum atomic E-state index is 13.1. The Balaban J connectivity index is 1.23. The van der Waals surface area contributed by atoms with E-state index in [0.29, 0.717) is 48.7 Å². The van der Waals surface area contributed by atoms with Crippen LogP contribution in [0.1, 0.15) is 126 Å². The summed E-state index contributed by atoms with van der Waals surface area (Å²) in [6.45, 7) is 24.8. The number of sulfone groups is 1. The van der Waals surface area contributed by atoms with Gasteiger partial charge in [0, 0.05) is 42.4 Å². The molecule has 0 aromatic heterocycles. The van der Waals surface area contributed by atoms with Crippen LogP contribution in [0.5, 0.6) is 0 Å². The quantitative estimate of drug-likeness (QED) is 0.160. The van der Waals surface area contributed by atoms with Crippen molar-refractivity contribution in [2.75, 3.05) is 43.1 Å². The first kappa shape index (κ1) is 41.5.